The van der Waals surface area contributed by atoms with Crippen molar-refractivity contribution in [1.82, 2.24) is 19.1 Å². The van der Waals surface area contributed by atoms with E-state index in [4.69, 9.17) is 0 Å². The zero-order valence-corrected chi connectivity index (χ0v) is 19.3. The number of fused-ring (bicyclic) bond motifs is 1. The highest BCUT2D eigenvalue weighted by Crippen LogP contribution is 2.24. The van der Waals surface area contributed by atoms with Crippen molar-refractivity contribution >= 4 is 26.8 Å². The van der Waals surface area contributed by atoms with E-state index in [0.717, 1.165) is 30.4 Å². The molecule has 1 N–H and O–H groups in total. The molecule has 2 heterocycles. The summed E-state index contributed by atoms with van der Waals surface area (Å²) in [7, 11) is -1.69. The van der Waals surface area contributed by atoms with Crippen LogP contribution in [0.1, 0.15) is 50.5 Å². The van der Waals surface area contributed by atoms with E-state index in [-0.39, 0.29) is 10.8 Å². The van der Waals surface area contributed by atoms with Crippen LogP contribution in [-0.2, 0) is 17.1 Å². The van der Waals surface area contributed by atoms with Crippen LogP contribution in [0.2, 0.25) is 0 Å². The number of nitrogens with one attached hydrogen (secondary N) is 1. The van der Waals surface area contributed by atoms with Crippen molar-refractivity contribution in [2.24, 2.45) is 7.05 Å². The van der Waals surface area contributed by atoms with Crippen LogP contribution in [0, 0.1) is 0 Å². The first-order valence-electron chi connectivity index (χ1n) is 10.9. The monoisotopic (exact) mass is 434 g/mol. The Morgan fingerprint density at radius 2 is 1.83 bits per heavy atom. The molecular weight excluding hydrogens is 400 g/mol. The first-order valence-corrected chi connectivity index (χ1v) is 12.4. The predicted molar refractivity (Wildman–Crippen MR) is 120 cm³/mol. The first kappa shape index (κ1) is 22.8. The molecule has 1 atom stereocenters. The van der Waals surface area contributed by atoms with Gasteiger partial charge in [-0.1, -0.05) is 13.8 Å². The number of sulfonamides is 1. The van der Waals surface area contributed by atoms with Gasteiger partial charge in [-0.05, 0) is 63.5 Å². The summed E-state index contributed by atoms with van der Waals surface area (Å²) >= 11 is 0. The quantitative estimate of drug-likeness (QED) is 0.659. The molecule has 1 saturated heterocycles. The average Bonchev–Trinajstić information content (AvgIpc) is 3.37. The Balaban J connectivity index is 1.73. The maximum Gasteiger partial charge on any atom is 0.267 e. The van der Waals surface area contributed by atoms with Gasteiger partial charge in [-0.2, -0.15) is 4.31 Å². The van der Waals surface area contributed by atoms with Crippen LogP contribution in [0.25, 0.3) is 10.9 Å². The van der Waals surface area contributed by atoms with Gasteiger partial charge in [0.2, 0.25) is 10.0 Å². The molecule has 8 heteroatoms. The predicted octanol–water partition coefficient (Wildman–Crippen LogP) is 2.81. The molecule has 1 aliphatic rings. The molecule has 0 spiro atoms. The van der Waals surface area contributed by atoms with Crippen molar-refractivity contribution in [3.63, 3.8) is 0 Å². The summed E-state index contributed by atoms with van der Waals surface area (Å²) in [5.41, 5.74) is 1.38. The molecule has 1 aromatic heterocycles. The molecule has 1 fully saturated rings. The second-order valence-electron chi connectivity index (χ2n) is 8.04. The van der Waals surface area contributed by atoms with Gasteiger partial charge < -0.3 is 14.8 Å². The third kappa shape index (κ3) is 4.55. The Kier molecular flexibility index (Phi) is 7.21. The Bertz CT molecular complexity index is 989. The third-order valence-electron chi connectivity index (χ3n) is 6.20. The van der Waals surface area contributed by atoms with Gasteiger partial charge in [0.05, 0.1) is 4.90 Å². The number of carbonyl (C=O) groups is 1. The lowest BCUT2D eigenvalue weighted by Crippen LogP contribution is -2.34. The molecule has 166 valence electrons. The van der Waals surface area contributed by atoms with Crippen molar-refractivity contribution in [2.75, 3.05) is 32.7 Å². The number of benzene rings is 1. The maximum absolute atomic E-state index is 12.8. The van der Waals surface area contributed by atoms with E-state index < -0.39 is 10.0 Å². The van der Waals surface area contributed by atoms with E-state index >= 15 is 0 Å². The van der Waals surface area contributed by atoms with Crippen LogP contribution in [0.5, 0.6) is 0 Å². The fourth-order valence-electron chi connectivity index (χ4n) is 4.27. The minimum atomic E-state index is -3.53. The summed E-state index contributed by atoms with van der Waals surface area (Å²) < 4.78 is 28.9. The van der Waals surface area contributed by atoms with Gasteiger partial charge in [-0.25, -0.2) is 8.42 Å². The lowest BCUT2D eigenvalue weighted by molar-refractivity contribution is 0.0941. The summed E-state index contributed by atoms with van der Waals surface area (Å²) in [6.07, 6.45) is 3.44. The van der Waals surface area contributed by atoms with Gasteiger partial charge in [-0.3, -0.25) is 4.79 Å². The Morgan fingerprint density at radius 3 is 2.47 bits per heavy atom. The number of carbonyl (C=O) groups excluding carboxylic acids is 1. The van der Waals surface area contributed by atoms with Gasteiger partial charge in [0.15, 0.2) is 0 Å². The van der Waals surface area contributed by atoms with Crippen LogP contribution >= 0.6 is 0 Å². The molecule has 30 heavy (non-hydrogen) atoms. The zero-order chi connectivity index (χ0) is 21.9. The van der Waals surface area contributed by atoms with Crippen LogP contribution in [0.3, 0.4) is 0 Å². The van der Waals surface area contributed by atoms with E-state index in [1.165, 1.54) is 17.1 Å². The molecule has 0 unspecified atom stereocenters. The van der Waals surface area contributed by atoms with Crippen molar-refractivity contribution in [3.05, 3.63) is 30.0 Å². The van der Waals surface area contributed by atoms with Crippen LogP contribution in [0.4, 0.5) is 0 Å². The molecule has 7 nitrogen and oxygen atoms in total. The van der Waals surface area contributed by atoms with E-state index in [1.807, 2.05) is 25.5 Å². The number of hydrogen-bond acceptors (Lipinski definition) is 4. The number of aromatic nitrogens is 1. The number of aryl methyl sites for hydroxylation is 1. The molecule has 3 rings (SSSR count). The molecule has 0 radical (unpaired) electrons. The van der Waals surface area contributed by atoms with E-state index in [2.05, 4.69) is 17.1 Å². The van der Waals surface area contributed by atoms with Crippen molar-refractivity contribution in [3.8, 4) is 0 Å². The van der Waals surface area contributed by atoms with E-state index in [9.17, 15) is 13.2 Å². The number of amides is 1. The van der Waals surface area contributed by atoms with E-state index in [1.54, 1.807) is 24.3 Å². The number of rotatable bonds is 9. The number of hydrogen-bond donors (Lipinski definition) is 1. The Hall–Kier alpha value is -1.90. The maximum atomic E-state index is 12.8. The normalized spacial score (nSPS) is 16.4. The van der Waals surface area contributed by atoms with Crippen molar-refractivity contribution in [2.45, 2.75) is 51.0 Å². The average molecular weight is 435 g/mol. The second-order valence-corrected chi connectivity index (χ2v) is 9.97. The highest BCUT2D eigenvalue weighted by Gasteiger charge is 2.23. The molecular formula is C22H34N4O3S. The van der Waals surface area contributed by atoms with Gasteiger partial charge >= 0.3 is 0 Å². The van der Waals surface area contributed by atoms with Gasteiger partial charge in [-0.15, -0.1) is 0 Å². The summed E-state index contributed by atoms with van der Waals surface area (Å²) in [4.78, 5) is 15.5. The van der Waals surface area contributed by atoms with Crippen LogP contribution < -0.4 is 5.32 Å². The first-order chi connectivity index (χ1) is 14.3. The largest absolute Gasteiger partial charge is 0.351 e. The Labute approximate surface area is 180 Å². The fraction of sp³-hybridized carbons (Fsp3) is 0.591. The minimum Gasteiger partial charge on any atom is -0.351 e. The SMILES string of the molecule is CCN(CC)S(=O)(=O)c1ccc2c(c1)cc(C(=O)NCC[C@H](C)N1CCCC1)n2C. The summed E-state index contributed by atoms with van der Waals surface area (Å²) in [6.45, 7) is 9.65. The summed E-state index contributed by atoms with van der Waals surface area (Å²) in [5.74, 6) is -0.129. The molecule has 0 saturated carbocycles. The number of nitrogens with zero attached hydrogens (tertiary/aromatic N) is 3. The molecule has 0 bridgehead atoms. The lowest BCUT2D eigenvalue weighted by Gasteiger charge is -2.23. The highest BCUT2D eigenvalue weighted by molar-refractivity contribution is 7.89. The second kappa shape index (κ2) is 9.49. The van der Waals surface area contributed by atoms with Crippen molar-refractivity contribution < 1.29 is 13.2 Å². The highest BCUT2D eigenvalue weighted by atomic mass is 32.2. The Morgan fingerprint density at radius 1 is 1.17 bits per heavy atom. The molecule has 2 aromatic rings. The van der Waals surface area contributed by atoms with E-state index in [0.29, 0.717) is 31.4 Å². The van der Waals surface area contributed by atoms with Crippen LogP contribution in [0.15, 0.2) is 29.2 Å². The smallest absolute Gasteiger partial charge is 0.267 e. The summed E-state index contributed by atoms with van der Waals surface area (Å²) in [6, 6.07) is 7.30. The van der Waals surface area contributed by atoms with Crippen molar-refractivity contribution in [1.29, 1.82) is 0 Å². The molecule has 0 aliphatic carbocycles. The fourth-order valence-corrected chi connectivity index (χ4v) is 5.76. The standard InChI is InChI=1S/C22H34N4O3S/c1-5-26(6-2)30(28,29)19-9-10-20-18(15-19)16-21(24(20)4)22(27)23-12-11-17(3)25-13-7-8-14-25/h9-10,15-17H,5-8,11-14H2,1-4H3,(H,23,27)/t17-/m0/s1. The molecule has 1 amide bonds. The zero-order valence-electron chi connectivity index (χ0n) is 18.5. The van der Waals surface area contributed by atoms with Gasteiger partial charge in [0.25, 0.3) is 5.91 Å². The topological polar surface area (TPSA) is 74.7 Å². The molecule has 1 aliphatic heterocycles. The molecule has 1 aromatic carbocycles. The van der Waals surface area contributed by atoms with Crippen LogP contribution in [-0.4, -0.2) is 66.9 Å². The van der Waals surface area contributed by atoms with Gasteiger partial charge in [0, 0.05) is 43.6 Å². The lowest BCUT2D eigenvalue weighted by atomic mass is 10.2. The third-order valence-corrected chi connectivity index (χ3v) is 8.25. The summed E-state index contributed by atoms with van der Waals surface area (Å²) in [5, 5.41) is 3.77. The van der Waals surface area contributed by atoms with Gasteiger partial charge in [0.1, 0.15) is 5.69 Å². The number of likely N-dealkylation sites (tertiary alicyclic amines) is 1. The minimum absolute atomic E-state index is 0.129.